The van der Waals surface area contributed by atoms with Crippen LogP contribution in [-0.2, 0) is 20.7 Å². The maximum atomic E-state index is 12.3. The number of fused-ring (bicyclic) bond motifs is 1. The predicted molar refractivity (Wildman–Crippen MR) is 165 cm³/mol. The van der Waals surface area contributed by atoms with E-state index in [0.29, 0.717) is 19.2 Å². The monoisotopic (exact) mass is 559 g/mol. The molecule has 1 aliphatic heterocycles. The van der Waals surface area contributed by atoms with Gasteiger partial charge in [-0.05, 0) is 87.4 Å². The van der Waals surface area contributed by atoms with E-state index < -0.39 is 11.7 Å². The molecule has 41 heavy (non-hydrogen) atoms. The Bertz CT molecular complexity index is 1280. The van der Waals surface area contributed by atoms with Crippen molar-refractivity contribution in [2.75, 3.05) is 31.1 Å². The number of hydrogen-bond donors (Lipinski definition) is 2. The Labute approximate surface area is 244 Å². The first kappa shape index (κ1) is 30.4. The highest BCUT2D eigenvalue weighted by Crippen LogP contribution is 2.27. The maximum Gasteiger partial charge on any atom is 0.407 e. The minimum absolute atomic E-state index is 0.211. The highest BCUT2D eigenvalue weighted by Gasteiger charge is 2.24. The number of rotatable bonds is 12. The number of amides is 1. The van der Waals surface area contributed by atoms with Crippen LogP contribution in [0.25, 0.3) is 10.8 Å². The molecule has 7 nitrogen and oxygen atoms in total. The summed E-state index contributed by atoms with van der Waals surface area (Å²) in [7, 11) is 0. The van der Waals surface area contributed by atoms with Crippen LogP contribution in [0.2, 0.25) is 0 Å². The van der Waals surface area contributed by atoms with Crippen LogP contribution in [0, 0.1) is 0 Å². The molecule has 0 saturated carbocycles. The van der Waals surface area contributed by atoms with Crippen LogP contribution in [-0.4, -0.2) is 49.9 Å². The van der Waals surface area contributed by atoms with Crippen molar-refractivity contribution < 1.29 is 19.1 Å². The van der Waals surface area contributed by atoms with Crippen LogP contribution >= 0.6 is 0 Å². The zero-order valence-electron chi connectivity index (χ0n) is 24.9. The number of ether oxygens (including phenoxy) is 2. The molecular weight excluding hydrogens is 514 g/mol. The molecular formula is C34H45N3O4. The molecule has 0 radical (unpaired) electrons. The third-order valence-electron chi connectivity index (χ3n) is 7.37. The molecule has 4 rings (SSSR count). The molecule has 7 heteroatoms. The number of esters is 1. The SMILES string of the molecule is C[C@@H](N[C@H]1CCN(c2ccc(CC(=O)OCCCCCNC(=O)OC(C)(C)C)cc2)C1)c1cccc2ccccc12. The molecule has 2 atom stereocenters. The van der Waals surface area contributed by atoms with Crippen molar-refractivity contribution in [3.63, 3.8) is 0 Å². The molecule has 1 fully saturated rings. The van der Waals surface area contributed by atoms with Gasteiger partial charge in [0.15, 0.2) is 0 Å². The summed E-state index contributed by atoms with van der Waals surface area (Å²) in [5.41, 5.74) is 2.99. The topological polar surface area (TPSA) is 79.9 Å². The van der Waals surface area contributed by atoms with Gasteiger partial charge in [0.1, 0.15) is 5.60 Å². The number of nitrogens with zero attached hydrogens (tertiary/aromatic N) is 1. The number of anilines is 1. The largest absolute Gasteiger partial charge is 0.465 e. The van der Waals surface area contributed by atoms with Gasteiger partial charge in [-0.3, -0.25) is 4.79 Å². The number of alkyl carbamates (subject to hydrolysis) is 1. The van der Waals surface area contributed by atoms with Gasteiger partial charge in [0.2, 0.25) is 0 Å². The normalized spacial score (nSPS) is 16.0. The summed E-state index contributed by atoms with van der Waals surface area (Å²) in [6.45, 7) is 10.7. The van der Waals surface area contributed by atoms with Gasteiger partial charge >= 0.3 is 12.1 Å². The average Bonchev–Trinajstić information content (AvgIpc) is 3.40. The number of carbonyl (C=O) groups excluding carboxylic acids is 2. The fourth-order valence-electron chi connectivity index (χ4n) is 5.34. The minimum Gasteiger partial charge on any atom is -0.465 e. The van der Waals surface area contributed by atoms with E-state index in [1.165, 1.54) is 22.0 Å². The summed E-state index contributed by atoms with van der Waals surface area (Å²) in [6, 6.07) is 24.1. The first-order chi connectivity index (χ1) is 19.7. The number of hydrogen-bond acceptors (Lipinski definition) is 6. The van der Waals surface area contributed by atoms with E-state index in [4.69, 9.17) is 9.47 Å². The molecule has 3 aromatic rings. The highest BCUT2D eigenvalue weighted by atomic mass is 16.6. The van der Waals surface area contributed by atoms with Crippen molar-refractivity contribution in [2.45, 2.75) is 77.5 Å². The van der Waals surface area contributed by atoms with Gasteiger partial charge in [0.05, 0.1) is 13.0 Å². The van der Waals surface area contributed by atoms with Gasteiger partial charge < -0.3 is 25.0 Å². The highest BCUT2D eigenvalue weighted by molar-refractivity contribution is 5.86. The Morgan fingerprint density at radius 1 is 0.976 bits per heavy atom. The molecule has 0 spiro atoms. The third kappa shape index (κ3) is 9.49. The van der Waals surface area contributed by atoms with Crippen LogP contribution in [0.5, 0.6) is 0 Å². The third-order valence-corrected chi connectivity index (χ3v) is 7.37. The summed E-state index contributed by atoms with van der Waals surface area (Å²) in [4.78, 5) is 26.3. The lowest BCUT2D eigenvalue weighted by Gasteiger charge is -2.23. The standard InChI is InChI=1S/C34H45N3O4/c1-25(30-14-10-12-27-11-6-7-13-31(27)30)36-28-19-21-37(24-28)29-17-15-26(16-18-29)23-32(38)40-22-9-5-8-20-35-33(39)41-34(2,3)4/h6-7,10-18,25,28,36H,5,8-9,19-24H2,1-4H3,(H,35,39)/t25-,28+/m1/s1. The van der Waals surface area contributed by atoms with E-state index in [0.717, 1.165) is 44.3 Å². The van der Waals surface area contributed by atoms with Crippen LogP contribution in [0.3, 0.4) is 0 Å². The quantitative estimate of drug-likeness (QED) is 0.194. The molecule has 220 valence electrons. The van der Waals surface area contributed by atoms with Gasteiger partial charge in [-0.1, -0.05) is 54.6 Å². The van der Waals surface area contributed by atoms with E-state index in [1.807, 2.05) is 32.9 Å². The Morgan fingerprint density at radius 2 is 1.73 bits per heavy atom. The first-order valence-electron chi connectivity index (χ1n) is 14.9. The van der Waals surface area contributed by atoms with Gasteiger partial charge in [0.25, 0.3) is 0 Å². The zero-order valence-corrected chi connectivity index (χ0v) is 24.9. The summed E-state index contributed by atoms with van der Waals surface area (Å²) < 4.78 is 10.6. The van der Waals surface area contributed by atoms with Crippen molar-refractivity contribution in [1.82, 2.24) is 10.6 Å². The predicted octanol–water partition coefficient (Wildman–Crippen LogP) is 6.55. The summed E-state index contributed by atoms with van der Waals surface area (Å²) in [5, 5.41) is 9.18. The number of nitrogens with one attached hydrogen (secondary N) is 2. The van der Waals surface area contributed by atoms with Gasteiger partial charge in [-0.15, -0.1) is 0 Å². The molecule has 1 saturated heterocycles. The molecule has 1 amide bonds. The van der Waals surface area contributed by atoms with Crippen molar-refractivity contribution in [1.29, 1.82) is 0 Å². The smallest absolute Gasteiger partial charge is 0.407 e. The average molecular weight is 560 g/mol. The number of unbranched alkanes of at least 4 members (excludes halogenated alkanes) is 2. The Balaban J connectivity index is 1.13. The molecule has 3 aromatic carbocycles. The Hall–Kier alpha value is -3.58. The molecule has 2 N–H and O–H groups in total. The van der Waals surface area contributed by atoms with Gasteiger partial charge in [-0.2, -0.15) is 0 Å². The second-order valence-electron chi connectivity index (χ2n) is 11.9. The summed E-state index contributed by atoms with van der Waals surface area (Å²) >= 11 is 0. The van der Waals surface area contributed by atoms with Gasteiger partial charge in [0, 0.05) is 37.4 Å². The van der Waals surface area contributed by atoms with E-state index in [2.05, 4.69) is 77.1 Å². The lowest BCUT2D eigenvalue weighted by molar-refractivity contribution is -0.142. The van der Waals surface area contributed by atoms with Crippen molar-refractivity contribution >= 4 is 28.5 Å². The van der Waals surface area contributed by atoms with Crippen LogP contribution in [0.15, 0.2) is 66.7 Å². The van der Waals surface area contributed by atoms with Gasteiger partial charge in [-0.25, -0.2) is 4.79 Å². The van der Waals surface area contributed by atoms with E-state index in [9.17, 15) is 9.59 Å². The maximum absolute atomic E-state index is 12.3. The van der Waals surface area contributed by atoms with Crippen molar-refractivity contribution in [3.05, 3.63) is 77.9 Å². The molecule has 0 aromatic heterocycles. The lowest BCUT2D eigenvalue weighted by atomic mass is 9.99. The number of benzene rings is 3. The van der Waals surface area contributed by atoms with E-state index in [-0.39, 0.29) is 18.4 Å². The molecule has 0 bridgehead atoms. The molecule has 0 aliphatic carbocycles. The lowest BCUT2D eigenvalue weighted by Crippen LogP contribution is -2.34. The molecule has 1 aliphatic rings. The fraction of sp³-hybridized carbons (Fsp3) is 0.471. The molecule has 1 heterocycles. The Kier molecular flexibility index (Phi) is 10.6. The molecule has 0 unspecified atom stereocenters. The number of carbonyl (C=O) groups is 2. The van der Waals surface area contributed by atoms with Crippen LogP contribution in [0.1, 0.15) is 70.5 Å². The zero-order chi connectivity index (χ0) is 29.2. The van der Waals surface area contributed by atoms with Crippen molar-refractivity contribution in [2.24, 2.45) is 0 Å². The van der Waals surface area contributed by atoms with Crippen molar-refractivity contribution in [3.8, 4) is 0 Å². The van der Waals surface area contributed by atoms with Crippen LogP contribution < -0.4 is 15.5 Å². The first-order valence-corrected chi connectivity index (χ1v) is 14.9. The Morgan fingerprint density at radius 3 is 2.51 bits per heavy atom. The summed E-state index contributed by atoms with van der Waals surface area (Å²) in [5.74, 6) is -0.211. The van der Waals surface area contributed by atoms with E-state index in [1.54, 1.807) is 0 Å². The van der Waals surface area contributed by atoms with E-state index >= 15 is 0 Å². The summed E-state index contributed by atoms with van der Waals surface area (Å²) in [6.07, 6.45) is 3.41. The van der Waals surface area contributed by atoms with Crippen LogP contribution in [0.4, 0.5) is 10.5 Å². The fourth-order valence-corrected chi connectivity index (χ4v) is 5.34. The minimum atomic E-state index is -0.495. The second kappa shape index (κ2) is 14.4. The second-order valence-corrected chi connectivity index (χ2v) is 11.9.